The van der Waals surface area contributed by atoms with Crippen LogP contribution in [0.4, 0.5) is 4.39 Å². The number of rotatable bonds is 9. The zero-order valence-electron chi connectivity index (χ0n) is 17.1. The molecule has 0 saturated heterocycles. The Labute approximate surface area is 174 Å². The van der Waals surface area contributed by atoms with Crippen molar-refractivity contribution in [2.75, 3.05) is 14.2 Å². The minimum atomic E-state index is -0.984. The van der Waals surface area contributed by atoms with Crippen LogP contribution in [0.2, 0.25) is 0 Å². The molecular weight excluding hydrogens is 391 g/mol. The molecule has 2 aromatic carbocycles. The van der Waals surface area contributed by atoms with Gasteiger partial charge < -0.3 is 20.1 Å². The molecule has 0 aromatic heterocycles. The topological polar surface area (TPSA) is 93.7 Å². The van der Waals surface area contributed by atoms with E-state index in [4.69, 9.17) is 9.47 Å². The highest BCUT2D eigenvalue weighted by molar-refractivity contribution is 5.90. The SMILES string of the molecule is COC(=O)[C@H](Cc1cccc(OC)c1)NC(=O)[C@@H](Cc1cccc(F)c1)NC(C)=O. The minimum absolute atomic E-state index is 0.0657. The monoisotopic (exact) mass is 416 g/mol. The largest absolute Gasteiger partial charge is 0.497 e. The van der Waals surface area contributed by atoms with Gasteiger partial charge in [-0.3, -0.25) is 9.59 Å². The molecule has 0 aliphatic carbocycles. The highest BCUT2D eigenvalue weighted by Gasteiger charge is 2.27. The van der Waals surface area contributed by atoms with Crippen molar-refractivity contribution in [2.45, 2.75) is 31.8 Å². The lowest BCUT2D eigenvalue weighted by molar-refractivity contribution is -0.145. The summed E-state index contributed by atoms with van der Waals surface area (Å²) in [5.41, 5.74) is 1.29. The average molecular weight is 416 g/mol. The molecule has 0 bridgehead atoms. The number of ether oxygens (including phenoxy) is 2. The number of nitrogens with one attached hydrogen (secondary N) is 2. The normalized spacial score (nSPS) is 12.4. The first-order valence-electron chi connectivity index (χ1n) is 9.35. The number of carbonyl (C=O) groups is 3. The first-order chi connectivity index (χ1) is 14.3. The van der Waals surface area contributed by atoms with Crippen molar-refractivity contribution >= 4 is 17.8 Å². The minimum Gasteiger partial charge on any atom is -0.497 e. The summed E-state index contributed by atoms with van der Waals surface area (Å²) in [6, 6.07) is 10.9. The predicted octanol–water partition coefficient (Wildman–Crippen LogP) is 1.78. The highest BCUT2D eigenvalue weighted by Crippen LogP contribution is 2.15. The summed E-state index contributed by atoms with van der Waals surface area (Å²) in [4.78, 5) is 36.7. The molecule has 2 aromatic rings. The maximum Gasteiger partial charge on any atom is 0.328 e. The second-order valence-corrected chi connectivity index (χ2v) is 6.73. The smallest absolute Gasteiger partial charge is 0.328 e. The molecule has 8 heteroatoms. The summed E-state index contributed by atoms with van der Waals surface area (Å²) in [6.07, 6.45) is 0.235. The van der Waals surface area contributed by atoms with E-state index in [0.29, 0.717) is 11.3 Å². The van der Waals surface area contributed by atoms with Gasteiger partial charge in [0.15, 0.2) is 0 Å². The molecule has 0 radical (unpaired) electrons. The van der Waals surface area contributed by atoms with E-state index in [-0.39, 0.29) is 12.8 Å². The van der Waals surface area contributed by atoms with Gasteiger partial charge in [-0.15, -0.1) is 0 Å². The van der Waals surface area contributed by atoms with Gasteiger partial charge in [-0.1, -0.05) is 24.3 Å². The lowest BCUT2D eigenvalue weighted by Gasteiger charge is -2.22. The number of benzene rings is 2. The second kappa shape index (κ2) is 10.9. The fourth-order valence-corrected chi connectivity index (χ4v) is 3.00. The Hall–Kier alpha value is -3.42. The Bertz CT molecular complexity index is 903. The third kappa shape index (κ3) is 6.88. The zero-order chi connectivity index (χ0) is 22.1. The van der Waals surface area contributed by atoms with Gasteiger partial charge in [-0.05, 0) is 35.4 Å². The third-order valence-corrected chi connectivity index (χ3v) is 4.40. The number of halogens is 1. The summed E-state index contributed by atoms with van der Waals surface area (Å²) >= 11 is 0. The van der Waals surface area contributed by atoms with Crippen LogP contribution in [0.1, 0.15) is 18.1 Å². The van der Waals surface area contributed by atoms with E-state index < -0.39 is 35.7 Å². The molecule has 0 heterocycles. The molecule has 0 saturated carbocycles. The fourth-order valence-electron chi connectivity index (χ4n) is 3.00. The van der Waals surface area contributed by atoms with Crippen molar-refractivity contribution < 1.29 is 28.2 Å². The Balaban J connectivity index is 2.18. The first-order valence-corrected chi connectivity index (χ1v) is 9.35. The Morgan fingerprint density at radius 3 is 2.17 bits per heavy atom. The van der Waals surface area contributed by atoms with E-state index >= 15 is 0 Å². The van der Waals surface area contributed by atoms with Gasteiger partial charge in [-0.2, -0.15) is 0 Å². The Kier molecular flexibility index (Phi) is 8.34. The van der Waals surface area contributed by atoms with Crippen molar-refractivity contribution in [2.24, 2.45) is 0 Å². The molecule has 0 aliphatic heterocycles. The van der Waals surface area contributed by atoms with E-state index in [9.17, 15) is 18.8 Å². The average Bonchev–Trinajstić information content (AvgIpc) is 2.72. The molecule has 2 N–H and O–H groups in total. The summed E-state index contributed by atoms with van der Waals surface area (Å²) < 4.78 is 23.5. The van der Waals surface area contributed by atoms with Gasteiger partial charge in [0.1, 0.15) is 23.7 Å². The summed E-state index contributed by atoms with van der Waals surface area (Å²) in [5, 5.41) is 5.18. The lowest BCUT2D eigenvalue weighted by atomic mass is 10.0. The quantitative estimate of drug-likeness (QED) is 0.608. The fraction of sp³-hybridized carbons (Fsp3) is 0.318. The van der Waals surface area contributed by atoms with Crippen LogP contribution in [0.5, 0.6) is 5.75 Å². The van der Waals surface area contributed by atoms with Crippen molar-refractivity contribution in [3.8, 4) is 5.75 Å². The molecule has 0 fully saturated rings. The molecule has 160 valence electrons. The first kappa shape index (κ1) is 22.9. The molecule has 2 amide bonds. The molecule has 2 rings (SSSR count). The number of carbonyl (C=O) groups excluding carboxylic acids is 3. The number of esters is 1. The zero-order valence-corrected chi connectivity index (χ0v) is 17.1. The van der Waals surface area contributed by atoms with E-state index in [1.54, 1.807) is 30.3 Å². The molecule has 0 spiro atoms. The number of methoxy groups -OCH3 is 2. The highest BCUT2D eigenvalue weighted by atomic mass is 19.1. The van der Waals surface area contributed by atoms with Gasteiger partial charge in [0.05, 0.1) is 14.2 Å². The summed E-state index contributed by atoms with van der Waals surface area (Å²) in [6.45, 7) is 1.28. The van der Waals surface area contributed by atoms with E-state index in [1.807, 2.05) is 0 Å². The Morgan fingerprint density at radius 2 is 1.57 bits per heavy atom. The molecule has 7 nitrogen and oxygen atoms in total. The van der Waals surface area contributed by atoms with Crippen LogP contribution >= 0.6 is 0 Å². The molecule has 2 atom stereocenters. The van der Waals surface area contributed by atoms with Crippen LogP contribution < -0.4 is 15.4 Å². The number of hydrogen-bond donors (Lipinski definition) is 2. The van der Waals surface area contributed by atoms with Gasteiger partial charge >= 0.3 is 5.97 Å². The van der Waals surface area contributed by atoms with Crippen LogP contribution in [-0.4, -0.2) is 44.1 Å². The van der Waals surface area contributed by atoms with Gasteiger partial charge in [0, 0.05) is 19.8 Å². The predicted molar refractivity (Wildman–Crippen MR) is 108 cm³/mol. The number of amides is 2. The van der Waals surface area contributed by atoms with Crippen LogP contribution in [0.15, 0.2) is 48.5 Å². The van der Waals surface area contributed by atoms with Gasteiger partial charge in [-0.25, -0.2) is 9.18 Å². The van der Waals surface area contributed by atoms with Crippen molar-refractivity contribution in [1.29, 1.82) is 0 Å². The maximum absolute atomic E-state index is 13.5. The van der Waals surface area contributed by atoms with Crippen LogP contribution in [0, 0.1) is 5.82 Å². The third-order valence-electron chi connectivity index (χ3n) is 4.40. The van der Waals surface area contributed by atoms with Crippen LogP contribution in [0.25, 0.3) is 0 Å². The van der Waals surface area contributed by atoms with Crippen molar-refractivity contribution in [3.63, 3.8) is 0 Å². The number of hydrogen-bond acceptors (Lipinski definition) is 5. The van der Waals surface area contributed by atoms with Crippen molar-refractivity contribution in [1.82, 2.24) is 10.6 Å². The van der Waals surface area contributed by atoms with E-state index in [1.165, 1.54) is 39.3 Å². The summed E-state index contributed by atoms with van der Waals surface area (Å²) in [7, 11) is 2.76. The van der Waals surface area contributed by atoms with E-state index in [0.717, 1.165) is 5.56 Å². The van der Waals surface area contributed by atoms with Crippen LogP contribution in [0.3, 0.4) is 0 Å². The van der Waals surface area contributed by atoms with Crippen LogP contribution in [-0.2, 0) is 32.0 Å². The van der Waals surface area contributed by atoms with Gasteiger partial charge in [0.25, 0.3) is 0 Å². The molecule has 0 aliphatic rings. The maximum atomic E-state index is 13.5. The lowest BCUT2D eigenvalue weighted by Crippen LogP contribution is -2.53. The second-order valence-electron chi connectivity index (χ2n) is 6.73. The molecular formula is C22H25FN2O5. The summed E-state index contributed by atoms with van der Waals surface area (Å²) in [5.74, 6) is -1.45. The Morgan fingerprint density at radius 1 is 0.933 bits per heavy atom. The molecule has 30 heavy (non-hydrogen) atoms. The standard InChI is InChI=1S/C22H25FN2O5/c1-14(26)24-19(12-15-6-4-8-17(23)10-15)21(27)25-20(22(28)30-3)13-16-7-5-9-18(11-16)29-2/h4-11,19-20H,12-13H2,1-3H3,(H,24,26)(H,25,27)/t19-,20+/m1/s1. The van der Waals surface area contributed by atoms with Crippen molar-refractivity contribution in [3.05, 3.63) is 65.5 Å². The van der Waals surface area contributed by atoms with E-state index in [2.05, 4.69) is 10.6 Å². The molecule has 0 unspecified atom stereocenters. The van der Waals surface area contributed by atoms with Gasteiger partial charge in [0.2, 0.25) is 11.8 Å².